The fourth-order valence-electron chi connectivity index (χ4n) is 2.03. The zero-order valence-electron chi connectivity index (χ0n) is 12.9. The first-order chi connectivity index (χ1) is 11.7. The van der Waals surface area contributed by atoms with Crippen LogP contribution in [0.4, 0.5) is 34.1 Å². The van der Waals surface area contributed by atoms with Crippen LogP contribution in [0.15, 0.2) is 93.3 Å². The van der Waals surface area contributed by atoms with Crippen molar-refractivity contribution in [2.75, 3.05) is 11.5 Å². The Labute approximate surface area is 139 Å². The van der Waals surface area contributed by atoms with E-state index in [4.69, 9.17) is 11.5 Å². The van der Waals surface area contributed by atoms with E-state index < -0.39 is 0 Å². The van der Waals surface area contributed by atoms with Crippen molar-refractivity contribution in [2.45, 2.75) is 0 Å². The Balaban J connectivity index is 1.85. The summed E-state index contributed by atoms with van der Waals surface area (Å²) in [6, 6.07) is 21.8. The average molecular weight is 316 g/mol. The van der Waals surface area contributed by atoms with Crippen molar-refractivity contribution in [3.8, 4) is 0 Å². The maximum atomic E-state index is 5.74. The van der Waals surface area contributed by atoms with Crippen molar-refractivity contribution < 1.29 is 0 Å². The largest absolute Gasteiger partial charge is 0.399 e. The minimum absolute atomic E-state index is 0.618. The maximum Gasteiger partial charge on any atom is 0.113 e. The van der Waals surface area contributed by atoms with Gasteiger partial charge in [0.2, 0.25) is 0 Å². The van der Waals surface area contributed by atoms with Gasteiger partial charge in [-0.1, -0.05) is 24.3 Å². The van der Waals surface area contributed by atoms with Gasteiger partial charge in [0.1, 0.15) is 11.4 Å². The monoisotopic (exact) mass is 316 g/mol. The van der Waals surface area contributed by atoms with Crippen molar-refractivity contribution in [1.82, 2.24) is 0 Å². The normalized spacial score (nSPS) is 11.3. The van der Waals surface area contributed by atoms with E-state index in [0.717, 1.165) is 0 Å². The number of hydrogen-bond acceptors (Lipinski definition) is 6. The highest BCUT2D eigenvalue weighted by molar-refractivity contribution is 5.61. The highest BCUT2D eigenvalue weighted by atomic mass is 15.2. The van der Waals surface area contributed by atoms with Crippen molar-refractivity contribution in [3.05, 3.63) is 72.8 Å². The standard InChI is InChI=1S/C18H16N6/c19-13-5-3-7-15(11-13)21-23-17-9-1-2-10-18(17)24-22-16-8-4-6-14(20)12-16/h1-12H,19-20H2. The van der Waals surface area contributed by atoms with E-state index in [9.17, 15) is 0 Å². The summed E-state index contributed by atoms with van der Waals surface area (Å²) in [6.07, 6.45) is 0. The van der Waals surface area contributed by atoms with Gasteiger partial charge in [-0.2, -0.15) is 10.2 Å². The van der Waals surface area contributed by atoms with Crippen LogP contribution in [0.3, 0.4) is 0 Å². The molecule has 0 fully saturated rings. The molecule has 0 unspecified atom stereocenters. The molecular formula is C18H16N6. The van der Waals surface area contributed by atoms with Crippen LogP contribution in [0, 0.1) is 0 Å². The van der Waals surface area contributed by atoms with Gasteiger partial charge in [-0.3, -0.25) is 0 Å². The number of nitrogens with two attached hydrogens (primary N) is 2. The molecule has 0 spiro atoms. The Morgan fingerprint density at radius 2 is 0.958 bits per heavy atom. The molecule has 0 radical (unpaired) electrons. The van der Waals surface area contributed by atoms with Crippen molar-refractivity contribution in [1.29, 1.82) is 0 Å². The number of hydrogen-bond donors (Lipinski definition) is 2. The van der Waals surface area contributed by atoms with Crippen LogP contribution in [0.1, 0.15) is 0 Å². The molecule has 0 aliphatic heterocycles. The molecule has 0 heterocycles. The van der Waals surface area contributed by atoms with Gasteiger partial charge in [0.25, 0.3) is 0 Å². The number of nitrogen functional groups attached to an aromatic ring is 2. The molecule has 118 valence electrons. The zero-order chi connectivity index (χ0) is 16.8. The smallest absolute Gasteiger partial charge is 0.113 e. The second-order valence-electron chi connectivity index (χ2n) is 5.08. The van der Waals surface area contributed by atoms with E-state index in [1.165, 1.54) is 0 Å². The second kappa shape index (κ2) is 7.15. The number of nitrogens with zero attached hydrogens (tertiary/aromatic N) is 4. The van der Waals surface area contributed by atoms with Gasteiger partial charge in [0.15, 0.2) is 0 Å². The summed E-state index contributed by atoms with van der Waals surface area (Å²) in [6.45, 7) is 0. The molecule has 0 atom stereocenters. The summed E-state index contributed by atoms with van der Waals surface area (Å²) < 4.78 is 0. The molecule has 0 aliphatic rings. The van der Waals surface area contributed by atoms with Gasteiger partial charge < -0.3 is 11.5 Å². The molecule has 6 nitrogen and oxygen atoms in total. The minimum atomic E-state index is 0.618. The predicted octanol–water partition coefficient (Wildman–Crippen LogP) is 5.68. The molecule has 3 aromatic carbocycles. The topological polar surface area (TPSA) is 101 Å². The van der Waals surface area contributed by atoms with Crippen LogP contribution in [0.5, 0.6) is 0 Å². The summed E-state index contributed by atoms with van der Waals surface area (Å²) in [7, 11) is 0. The Morgan fingerprint density at radius 1 is 0.500 bits per heavy atom. The molecule has 0 saturated heterocycles. The molecule has 6 heteroatoms. The maximum absolute atomic E-state index is 5.74. The van der Waals surface area contributed by atoms with Crippen LogP contribution < -0.4 is 11.5 Å². The van der Waals surface area contributed by atoms with Gasteiger partial charge in [0.05, 0.1) is 11.4 Å². The van der Waals surface area contributed by atoms with Gasteiger partial charge in [-0.15, -0.1) is 10.2 Å². The Bertz CT molecular complexity index is 827. The number of rotatable bonds is 4. The number of anilines is 2. The van der Waals surface area contributed by atoms with Gasteiger partial charge in [-0.05, 0) is 48.5 Å². The predicted molar refractivity (Wildman–Crippen MR) is 96.5 cm³/mol. The van der Waals surface area contributed by atoms with E-state index in [-0.39, 0.29) is 0 Å². The summed E-state index contributed by atoms with van der Waals surface area (Å²) in [5, 5.41) is 16.9. The van der Waals surface area contributed by atoms with Crippen LogP contribution in [-0.2, 0) is 0 Å². The lowest BCUT2D eigenvalue weighted by Gasteiger charge is -1.99. The molecule has 24 heavy (non-hydrogen) atoms. The van der Waals surface area contributed by atoms with Crippen LogP contribution in [-0.4, -0.2) is 0 Å². The minimum Gasteiger partial charge on any atom is -0.399 e. The lowest BCUT2D eigenvalue weighted by atomic mass is 10.3. The van der Waals surface area contributed by atoms with Crippen LogP contribution >= 0.6 is 0 Å². The molecule has 0 aromatic heterocycles. The Kier molecular flexibility index (Phi) is 4.57. The Hall–Kier alpha value is -3.54. The van der Waals surface area contributed by atoms with Gasteiger partial charge >= 0.3 is 0 Å². The third kappa shape index (κ3) is 4.01. The number of benzene rings is 3. The third-order valence-corrected chi connectivity index (χ3v) is 3.17. The SMILES string of the molecule is Nc1cccc(N=Nc2ccccc2N=Nc2cccc(N)c2)c1. The van der Waals surface area contributed by atoms with E-state index >= 15 is 0 Å². The van der Waals surface area contributed by atoms with Crippen LogP contribution in [0.2, 0.25) is 0 Å². The van der Waals surface area contributed by atoms with E-state index in [0.29, 0.717) is 34.1 Å². The molecule has 0 aliphatic carbocycles. The van der Waals surface area contributed by atoms with Gasteiger partial charge in [0, 0.05) is 11.4 Å². The fraction of sp³-hybridized carbons (Fsp3) is 0. The lowest BCUT2D eigenvalue weighted by molar-refractivity contribution is 1.18. The molecule has 3 aromatic rings. The zero-order valence-corrected chi connectivity index (χ0v) is 12.9. The first kappa shape index (κ1) is 15.4. The summed E-state index contributed by atoms with van der Waals surface area (Å²) in [4.78, 5) is 0. The van der Waals surface area contributed by atoms with E-state index in [1.54, 1.807) is 24.3 Å². The Morgan fingerprint density at radius 3 is 1.38 bits per heavy atom. The molecule has 0 bridgehead atoms. The molecule has 0 saturated carbocycles. The van der Waals surface area contributed by atoms with E-state index in [1.807, 2.05) is 48.5 Å². The highest BCUT2D eigenvalue weighted by Crippen LogP contribution is 2.31. The van der Waals surface area contributed by atoms with Crippen molar-refractivity contribution >= 4 is 34.1 Å². The fourth-order valence-corrected chi connectivity index (χ4v) is 2.03. The van der Waals surface area contributed by atoms with Gasteiger partial charge in [-0.25, -0.2) is 0 Å². The molecule has 3 rings (SSSR count). The first-order valence-corrected chi connectivity index (χ1v) is 7.34. The van der Waals surface area contributed by atoms with Crippen molar-refractivity contribution in [3.63, 3.8) is 0 Å². The quantitative estimate of drug-likeness (QED) is 0.477. The molecule has 4 N–H and O–H groups in total. The van der Waals surface area contributed by atoms with E-state index in [2.05, 4.69) is 20.5 Å². The summed E-state index contributed by atoms with van der Waals surface area (Å²) in [5.74, 6) is 0. The molecule has 0 amide bonds. The number of azo groups is 2. The lowest BCUT2D eigenvalue weighted by Crippen LogP contribution is -1.81. The van der Waals surface area contributed by atoms with Crippen molar-refractivity contribution in [2.24, 2.45) is 20.5 Å². The third-order valence-electron chi connectivity index (χ3n) is 3.17. The highest BCUT2D eigenvalue weighted by Gasteiger charge is 2.00. The molecular weight excluding hydrogens is 300 g/mol. The second-order valence-corrected chi connectivity index (χ2v) is 5.08. The summed E-state index contributed by atoms with van der Waals surface area (Å²) in [5.41, 5.74) is 15.3. The average Bonchev–Trinajstić information content (AvgIpc) is 2.59. The first-order valence-electron chi connectivity index (χ1n) is 7.34. The summed E-state index contributed by atoms with van der Waals surface area (Å²) >= 11 is 0. The van der Waals surface area contributed by atoms with Crippen LogP contribution in [0.25, 0.3) is 0 Å².